The molecule has 164 valence electrons. The molecule has 32 heavy (non-hydrogen) atoms. The largest absolute Gasteiger partial charge is 0.322 e. The van der Waals surface area contributed by atoms with E-state index in [-0.39, 0.29) is 18.1 Å². The van der Waals surface area contributed by atoms with Crippen molar-refractivity contribution in [2.75, 3.05) is 30.3 Å². The van der Waals surface area contributed by atoms with Crippen LogP contribution in [0.3, 0.4) is 0 Å². The molecule has 1 heterocycles. The number of carbonyl (C=O) groups is 2. The average molecular weight is 469 g/mol. The van der Waals surface area contributed by atoms with E-state index in [1.54, 1.807) is 46.2 Å². The lowest BCUT2D eigenvalue weighted by molar-refractivity contribution is 0.117. The van der Waals surface area contributed by atoms with Gasteiger partial charge in [0, 0.05) is 19.6 Å². The molecule has 1 unspecified atom stereocenters. The third-order valence-corrected chi connectivity index (χ3v) is 6.00. The maximum atomic E-state index is 13.1. The van der Waals surface area contributed by atoms with Gasteiger partial charge in [-0.1, -0.05) is 77.8 Å². The summed E-state index contributed by atoms with van der Waals surface area (Å²) in [6.45, 7) is 1.09. The minimum absolute atomic E-state index is 0.259. The molecular weight excluding hydrogens is 447 g/mol. The summed E-state index contributed by atoms with van der Waals surface area (Å²) in [6, 6.07) is 23.0. The Morgan fingerprint density at radius 3 is 1.84 bits per heavy atom. The highest BCUT2D eigenvalue weighted by molar-refractivity contribution is 6.34. The van der Waals surface area contributed by atoms with Gasteiger partial charge in [-0.2, -0.15) is 0 Å². The minimum Gasteiger partial charge on any atom is -0.320 e. The van der Waals surface area contributed by atoms with Gasteiger partial charge in [-0.25, -0.2) is 9.59 Å². The number of carbonyl (C=O) groups excluding carboxylic acids is 2. The van der Waals surface area contributed by atoms with Gasteiger partial charge < -0.3 is 20.4 Å². The highest BCUT2D eigenvalue weighted by Gasteiger charge is 2.34. The summed E-state index contributed by atoms with van der Waals surface area (Å²) in [6.07, 6.45) is 0. The predicted molar refractivity (Wildman–Crippen MR) is 128 cm³/mol. The smallest absolute Gasteiger partial charge is 0.320 e. The molecule has 1 atom stereocenters. The fraction of sp³-hybridized carbons (Fsp3) is 0.167. The molecule has 0 aliphatic carbocycles. The number of nitrogens with one attached hydrogen (secondary N) is 2. The molecule has 3 aromatic rings. The third kappa shape index (κ3) is 4.98. The Morgan fingerprint density at radius 2 is 1.25 bits per heavy atom. The van der Waals surface area contributed by atoms with Crippen LogP contribution < -0.4 is 10.6 Å². The summed E-state index contributed by atoms with van der Waals surface area (Å²) in [5.41, 5.74) is 2.04. The SMILES string of the molecule is O=C(Nc1ccccc1Cl)N1CCN(C(=O)Nc2ccccc2Cl)C(c2ccccc2)C1. The molecule has 0 saturated carbocycles. The molecular formula is C24H22Cl2N4O2. The second-order valence-electron chi connectivity index (χ2n) is 7.39. The molecule has 2 N–H and O–H groups in total. The minimum atomic E-state index is -0.315. The van der Waals surface area contributed by atoms with Crippen molar-refractivity contribution < 1.29 is 9.59 Å². The molecule has 4 rings (SSSR count). The van der Waals surface area contributed by atoms with Crippen LogP contribution >= 0.6 is 23.2 Å². The average Bonchev–Trinajstić information content (AvgIpc) is 2.82. The van der Waals surface area contributed by atoms with Crippen LogP contribution in [0.5, 0.6) is 0 Å². The lowest BCUT2D eigenvalue weighted by atomic mass is 10.0. The van der Waals surface area contributed by atoms with E-state index in [0.29, 0.717) is 41.1 Å². The molecule has 6 nitrogen and oxygen atoms in total. The van der Waals surface area contributed by atoms with E-state index < -0.39 is 0 Å². The first-order valence-electron chi connectivity index (χ1n) is 10.2. The van der Waals surface area contributed by atoms with Gasteiger partial charge in [-0.3, -0.25) is 0 Å². The Labute approximate surface area is 196 Å². The van der Waals surface area contributed by atoms with Gasteiger partial charge in [0.25, 0.3) is 0 Å². The lowest BCUT2D eigenvalue weighted by Gasteiger charge is -2.41. The zero-order valence-electron chi connectivity index (χ0n) is 17.2. The summed E-state index contributed by atoms with van der Waals surface area (Å²) >= 11 is 12.4. The molecule has 0 aromatic heterocycles. The molecule has 3 aromatic carbocycles. The van der Waals surface area contributed by atoms with E-state index in [9.17, 15) is 9.59 Å². The van der Waals surface area contributed by atoms with Crippen molar-refractivity contribution in [2.45, 2.75) is 6.04 Å². The van der Waals surface area contributed by atoms with E-state index in [1.165, 1.54) is 0 Å². The van der Waals surface area contributed by atoms with Crippen molar-refractivity contribution >= 4 is 46.6 Å². The summed E-state index contributed by atoms with van der Waals surface area (Å²) in [5, 5.41) is 6.69. The van der Waals surface area contributed by atoms with Gasteiger partial charge in [0.15, 0.2) is 0 Å². The molecule has 1 aliphatic rings. The molecule has 4 amide bonds. The molecule has 1 aliphatic heterocycles. The number of para-hydroxylation sites is 2. The van der Waals surface area contributed by atoms with Gasteiger partial charge in [0.1, 0.15) is 0 Å². The first kappa shape index (κ1) is 22.0. The molecule has 0 radical (unpaired) electrons. The quantitative estimate of drug-likeness (QED) is 0.486. The van der Waals surface area contributed by atoms with Gasteiger partial charge in [-0.15, -0.1) is 0 Å². The number of amides is 4. The first-order valence-corrected chi connectivity index (χ1v) is 11.0. The number of piperazine rings is 1. The number of hydrogen-bond donors (Lipinski definition) is 2. The maximum Gasteiger partial charge on any atom is 0.322 e. The topological polar surface area (TPSA) is 64.7 Å². The first-order chi connectivity index (χ1) is 15.5. The summed E-state index contributed by atoms with van der Waals surface area (Å²) in [5.74, 6) is 0. The fourth-order valence-electron chi connectivity index (χ4n) is 3.68. The normalized spacial score (nSPS) is 15.9. The van der Waals surface area contributed by atoms with Crippen LogP contribution in [0.25, 0.3) is 0 Å². The molecule has 0 spiro atoms. The monoisotopic (exact) mass is 468 g/mol. The molecule has 1 saturated heterocycles. The summed E-state index contributed by atoms with van der Waals surface area (Å²) in [4.78, 5) is 29.5. The van der Waals surface area contributed by atoms with Gasteiger partial charge in [0.05, 0.1) is 27.5 Å². The summed E-state index contributed by atoms with van der Waals surface area (Å²) < 4.78 is 0. The van der Waals surface area contributed by atoms with E-state index in [4.69, 9.17) is 23.2 Å². The highest BCUT2D eigenvalue weighted by Crippen LogP contribution is 2.29. The fourth-order valence-corrected chi connectivity index (χ4v) is 4.04. The number of rotatable bonds is 3. The van der Waals surface area contributed by atoms with Crippen molar-refractivity contribution in [1.82, 2.24) is 9.80 Å². The Bertz CT molecular complexity index is 1110. The van der Waals surface area contributed by atoms with Crippen LogP contribution in [0, 0.1) is 0 Å². The van der Waals surface area contributed by atoms with Crippen molar-refractivity contribution in [3.63, 3.8) is 0 Å². The Hall–Kier alpha value is -3.22. The molecule has 0 bridgehead atoms. The van der Waals surface area contributed by atoms with E-state index in [2.05, 4.69) is 10.6 Å². The van der Waals surface area contributed by atoms with Crippen molar-refractivity contribution in [1.29, 1.82) is 0 Å². The Morgan fingerprint density at radius 1 is 0.719 bits per heavy atom. The standard InChI is InChI=1S/C24H22Cl2N4O2/c25-18-10-4-6-12-20(18)27-23(31)29-14-15-30(22(16-29)17-8-2-1-3-9-17)24(32)28-21-13-7-5-11-19(21)26/h1-13,22H,14-16H2,(H,27,31)(H,28,32). The lowest BCUT2D eigenvalue weighted by Crippen LogP contribution is -2.54. The number of urea groups is 2. The number of nitrogens with zero attached hydrogens (tertiary/aromatic N) is 2. The second kappa shape index (κ2) is 9.94. The number of halogens is 2. The molecule has 8 heteroatoms. The van der Waals surface area contributed by atoms with Crippen molar-refractivity contribution in [3.05, 3.63) is 94.5 Å². The van der Waals surface area contributed by atoms with Crippen molar-refractivity contribution in [2.24, 2.45) is 0 Å². The van der Waals surface area contributed by atoms with Gasteiger partial charge >= 0.3 is 12.1 Å². The molecule has 1 fully saturated rings. The van der Waals surface area contributed by atoms with Crippen LogP contribution in [-0.4, -0.2) is 41.5 Å². The summed E-state index contributed by atoms with van der Waals surface area (Å²) in [7, 11) is 0. The zero-order valence-corrected chi connectivity index (χ0v) is 18.7. The van der Waals surface area contributed by atoms with E-state index in [0.717, 1.165) is 5.56 Å². The Balaban J connectivity index is 1.53. The predicted octanol–water partition coefficient (Wildman–Crippen LogP) is 6.12. The van der Waals surface area contributed by atoms with Crippen LogP contribution in [-0.2, 0) is 0 Å². The maximum absolute atomic E-state index is 13.1. The Kier molecular flexibility index (Phi) is 6.83. The number of benzene rings is 3. The highest BCUT2D eigenvalue weighted by atomic mass is 35.5. The van der Waals surface area contributed by atoms with Gasteiger partial charge in [0.2, 0.25) is 0 Å². The van der Waals surface area contributed by atoms with Crippen molar-refractivity contribution in [3.8, 4) is 0 Å². The van der Waals surface area contributed by atoms with Crippen LogP contribution in [0.15, 0.2) is 78.9 Å². The number of hydrogen-bond acceptors (Lipinski definition) is 2. The van der Waals surface area contributed by atoms with Crippen LogP contribution in [0.4, 0.5) is 21.0 Å². The van der Waals surface area contributed by atoms with E-state index in [1.807, 2.05) is 42.5 Å². The second-order valence-corrected chi connectivity index (χ2v) is 8.20. The van der Waals surface area contributed by atoms with Crippen LogP contribution in [0.2, 0.25) is 10.0 Å². The van der Waals surface area contributed by atoms with Crippen LogP contribution in [0.1, 0.15) is 11.6 Å². The number of anilines is 2. The third-order valence-electron chi connectivity index (χ3n) is 5.34. The van der Waals surface area contributed by atoms with E-state index >= 15 is 0 Å². The van der Waals surface area contributed by atoms with Gasteiger partial charge in [-0.05, 0) is 29.8 Å². The zero-order chi connectivity index (χ0) is 22.5.